The molecule has 1 aromatic carbocycles. The van der Waals surface area contributed by atoms with Crippen molar-refractivity contribution in [2.45, 2.75) is 25.5 Å². The van der Waals surface area contributed by atoms with E-state index in [0.717, 1.165) is 10.4 Å². The van der Waals surface area contributed by atoms with E-state index in [9.17, 15) is 9.59 Å². The molecule has 0 radical (unpaired) electrons. The molecule has 0 aliphatic rings. The lowest BCUT2D eigenvalue weighted by atomic mass is 10.2. The summed E-state index contributed by atoms with van der Waals surface area (Å²) in [5.74, 6) is 0.303. The molecule has 0 saturated heterocycles. The van der Waals surface area contributed by atoms with Crippen molar-refractivity contribution < 1.29 is 4.79 Å². The molecule has 28 heavy (non-hydrogen) atoms. The van der Waals surface area contributed by atoms with Gasteiger partial charge in [0.2, 0.25) is 5.91 Å². The van der Waals surface area contributed by atoms with Crippen LogP contribution in [0.2, 0.25) is 0 Å². The Bertz CT molecular complexity index is 1040. The first-order valence-corrected chi connectivity index (χ1v) is 11.0. The third kappa shape index (κ3) is 4.20. The minimum atomic E-state index is -0.0881. The zero-order chi connectivity index (χ0) is 20.1. The van der Waals surface area contributed by atoms with E-state index in [0.29, 0.717) is 35.0 Å². The number of thioether (sulfide) groups is 1. The third-order valence-corrected chi connectivity index (χ3v) is 6.53. The maximum absolute atomic E-state index is 13.1. The lowest BCUT2D eigenvalue weighted by Gasteiger charge is -2.18. The molecule has 0 fully saturated rings. The van der Waals surface area contributed by atoms with Gasteiger partial charge >= 0.3 is 0 Å². The topological polar surface area (TPSA) is 55.2 Å². The lowest BCUT2D eigenvalue weighted by molar-refractivity contribution is -0.127. The third-order valence-electron chi connectivity index (χ3n) is 4.41. The number of amides is 1. The fourth-order valence-corrected chi connectivity index (χ4v) is 4.89. The molecule has 0 atom stereocenters. The summed E-state index contributed by atoms with van der Waals surface area (Å²) in [5, 5.41) is 0.551. The highest BCUT2D eigenvalue weighted by Gasteiger charge is 2.17. The maximum Gasteiger partial charge on any atom is 0.272 e. The molecule has 0 bridgehead atoms. The minimum absolute atomic E-state index is 0.0461. The van der Waals surface area contributed by atoms with Gasteiger partial charge < -0.3 is 4.90 Å². The Balaban J connectivity index is 1.99. The van der Waals surface area contributed by atoms with Crippen LogP contribution in [0.4, 0.5) is 0 Å². The molecule has 0 saturated carbocycles. The van der Waals surface area contributed by atoms with Crippen LogP contribution in [-0.4, -0.2) is 39.2 Å². The van der Waals surface area contributed by atoms with Gasteiger partial charge in [0, 0.05) is 24.5 Å². The standard InChI is InChI=1S/C21H23N3O2S2/c1-4-12-24-20(26)19-16(13-17(28-19)15-10-8-7-9-11-15)22-21(24)27-14-18(25)23(5-2)6-3/h4,7-11,13H,1,5-6,12,14H2,2-3H3. The number of carbonyl (C=O) groups is 1. The smallest absolute Gasteiger partial charge is 0.272 e. The van der Waals surface area contributed by atoms with Crippen LogP contribution in [0.1, 0.15) is 13.8 Å². The molecular formula is C21H23N3O2S2. The number of hydrogen-bond acceptors (Lipinski definition) is 5. The highest BCUT2D eigenvalue weighted by atomic mass is 32.2. The summed E-state index contributed by atoms with van der Waals surface area (Å²) in [5.41, 5.74) is 1.65. The molecule has 0 N–H and O–H groups in total. The molecule has 0 aliphatic heterocycles. The summed E-state index contributed by atoms with van der Waals surface area (Å²) < 4.78 is 2.22. The van der Waals surface area contributed by atoms with Crippen molar-refractivity contribution >= 4 is 39.2 Å². The van der Waals surface area contributed by atoms with Gasteiger partial charge in [-0.3, -0.25) is 14.2 Å². The predicted molar refractivity (Wildman–Crippen MR) is 118 cm³/mol. The molecule has 2 aromatic heterocycles. The van der Waals surface area contributed by atoms with Crippen LogP contribution in [0.15, 0.2) is 59.0 Å². The molecule has 3 rings (SSSR count). The SMILES string of the molecule is C=CCn1c(SCC(=O)N(CC)CC)nc2cc(-c3ccccc3)sc2c1=O. The summed E-state index contributed by atoms with van der Waals surface area (Å²) in [6.45, 7) is 9.38. The Morgan fingerprint density at radius 1 is 1.29 bits per heavy atom. The number of carbonyl (C=O) groups excluding carboxylic acids is 1. The molecule has 0 spiro atoms. The number of rotatable bonds is 8. The Morgan fingerprint density at radius 2 is 2.00 bits per heavy atom. The van der Waals surface area contributed by atoms with Crippen LogP contribution < -0.4 is 5.56 Å². The lowest BCUT2D eigenvalue weighted by Crippen LogP contribution is -2.32. The van der Waals surface area contributed by atoms with Gasteiger partial charge in [-0.15, -0.1) is 17.9 Å². The van der Waals surface area contributed by atoms with Crippen LogP contribution in [0.25, 0.3) is 20.7 Å². The van der Waals surface area contributed by atoms with E-state index in [2.05, 4.69) is 6.58 Å². The Morgan fingerprint density at radius 3 is 2.64 bits per heavy atom. The van der Waals surface area contributed by atoms with Crippen molar-refractivity contribution in [2.24, 2.45) is 0 Å². The van der Waals surface area contributed by atoms with Gasteiger partial charge in [-0.05, 0) is 25.5 Å². The summed E-state index contributed by atoms with van der Waals surface area (Å²) in [7, 11) is 0. The van der Waals surface area contributed by atoms with Gasteiger partial charge in [0.15, 0.2) is 5.16 Å². The number of aromatic nitrogens is 2. The first-order valence-electron chi connectivity index (χ1n) is 9.20. The van der Waals surface area contributed by atoms with E-state index in [1.165, 1.54) is 23.1 Å². The summed E-state index contributed by atoms with van der Waals surface area (Å²) >= 11 is 2.75. The fraction of sp³-hybridized carbons (Fsp3) is 0.286. The molecule has 146 valence electrons. The van der Waals surface area contributed by atoms with Crippen molar-refractivity contribution in [3.8, 4) is 10.4 Å². The largest absolute Gasteiger partial charge is 0.343 e. The molecule has 0 unspecified atom stereocenters. The van der Waals surface area contributed by atoms with Gasteiger partial charge in [-0.2, -0.15) is 0 Å². The van der Waals surface area contributed by atoms with Crippen molar-refractivity contribution in [3.63, 3.8) is 0 Å². The highest BCUT2D eigenvalue weighted by molar-refractivity contribution is 7.99. The van der Waals surface area contributed by atoms with Gasteiger partial charge in [-0.1, -0.05) is 48.2 Å². The summed E-state index contributed by atoms with van der Waals surface area (Å²) in [6.07, 6.45) is 1.68. The van der Waals surface area contributed by atoms with Gasteiger partial charge in [0.25, 0.3) is 5.56 Å². The summed E-state index contributed by atoms with van der Waals surface area (Å²) in [6, 6.07) is 11.9. The van der Waals surface area contributed by atoms with Crippen LogP contribution in [0.3, 0.4) is 0 Å². The molecule has 1 amide bonds. The number of thiophene rings is 1. The quantitative estimate of drug-likeness (QED) is 0.314. The number of allylic oxidation sites excluding steroid dienone is 1. The Labute approximate surface area is 172 Å². The molecule has 2 heterocycles. The zero-order valence-electron chi connectivity index (χ0n) is 16.1. The number of benzene rings is 1. The van der Waals surface area contributed by atoms with Gasteiger partial charge in [0.1, 0.15) is 4.70 Å². The second-order valence-electron chi connectivity index (χ2n) is 6.14. The molecule has 5 nitrogen and oxygen atoms in total. The molecule has 7 heteroatoms. The maximum atomic E-state index is 13.1. The van der Waals surface area contributed by atoms with Crippen molar-refractivity contribution in [1.82, 2.24) is 14.5 Å². The van der Waals surface area contributed by atoms with E-state index < -0.39 is 0 Å². The first kappa shape index (κ1) is 20.4. The molecule has 3 aromatic rings. The van der Waals surface area contributed by atoms with E-state index in [4.69, 9.17) is 4.98 Å². The number of hydrogen-bond donors (Lipinski definition) is 0. The van der Waals surface area contributed by atoms with E-state index in [1.807, 2.05) is 50.2 Å². The second kappa shape index (κ2) is 9.21. The van der Waals surface area contributed by atoms with E-state index in [1.54, 1.807) is 15.5 Å². The average molecular weight is 414 g/mol. The van der Waals surface area contributed by atoms with Crippen molar-refractivity contribution in [2.75, 3.05) is 18.8 Å². The summed E-state index contributed by atoms with van der Waals surface area (Å²) in [4.78, 5) is 32.9. The van der Waals surface area contributed by atoms with Gasteiger partial charge in [-0.25, -0.2) is 4.98 Å². The normalized spacial score (nSPS) is 10.9. The Kier molecular flexibility index (Phi) is 6.70. The monoisotopic (exact) mass is 413 g/mol. The number of nitrogens with zero attached hydrogens (tertiary/aromatic N) is 3. The zero-order valence-corrected chi connectivity index (χ0v) is 17.7. The fourth-order valence-electron chi connectivity index (χ4n) is 2.93. The Hall–Kier alpha value is -2.38. The van der Waals surface area contributed by atoms with Crippen LogP contribution >= 0.6 is 23.1 Å². The minimum Gasteiger partial charge on any atom is -0.343 e. The predicted octanol–water partition coefficient (Wildman–Crippen LogP) is 4.27. The van der Waals surface area contributed by atoms with E-state index in [-0.39, 0.29) is 17.2 Å². The van der Waals surface area contributed by atoms with Crippen molar-refractivity contribution in [1.29, 1.82) is 0 Å². The number of fused-ring (bicyclic) bond motifs is 1. The van der Waals surface area contributed by atoms with Crippen LogP contribution in [-0.2, 0) is 11.3 Å². The molecular weight excluding hydrogens is 390 g/mol. The molecule has 0 aliphatic carbocycles. The average Bonchev–Trinajstić information content (AvgIpc) is 3.15. The van der Waals surface area contributed by atoms with Crippen LogP contribution in [0.5, 0.6) is 0 Å². The van der Waals surface area contributed by atoms with Gasteiger partial charge in [0.05, 0.1) is 11.3 Å². The first-order chi connectivity index (χ1) is 13.6. The second-order valence-corrected chi connectivity index (χ2v) is 8.14. The highest BCUT2D eigenvalue weighted by Crippen LogP contribution is 2.32. The van der Waals surface area contributed by atoms with Crippen LogP contribution in [0, 0.1) is 0 Å². The van der Waals surface area contributed by atoms with Crippen molar-refractivity contribution in [3.05, 3.63) is 59.4 Å². The van der Waals surface area contributed by atoms with E-state index >= 15 is 0 Å².